The Hall–Kier alpha value is -8.96. The molecule has 0 fully saturated rings. The molecule has 11 rings (SSSR count). The van der Waals surface area contributed by atoms with Crippen LogP contribution >= 0.6 is 0 Å². The second kappa shape index (κ2) is 19.6. The molecule has 0 N–H and O–H groups in total. The number of anilines is 6. The number of fused-ring (bicyclic) bond motifs is 6. The van der Waals surface area contributed by atoms with E-state index in [9.17, 15) is 5.26 Å². The summed E-state index contributed by atoms with van der Waals surface area (Å²) in [5.74, 6) is 0. The first-order valence-electron chi connectivity index (χ1n) is 27.1. The first kappa shape index (κ1) is 51.2. The first-order valence-corrected chi connectivity index (χ1v) is 27.1. The fourth-order valence-electron chi connectivity index (χ4n) is 11.6. The standard InChI is InChI=1S/C74H66N4/c1-71(2,3)54-24-32-58(33-25-54)77(57-30-20-53(48-75)21-31-57)61-38-42-65-63-40-22-51(44-67(63)73(7,8)69(65)46-61)18-16-49-12-14-50(15-13-49)17-19-52-23-41-64-66-43-39-62(47-70(66)74(9,10)68(64)45-52)78(60-36-28-56(76-11)29-37-60)59-34-26-55(27-35-59)72(4,5)6/h12-47H,1-10H3/b18-16+,19-17+. The quantitative estimate of drug-likeness (QED) is 0.101. The van der Waals surface area contributed by atoms with E-state index in [-0.39, 0.29) is 21.7 Å². The molecule has 4 heteroatoms. The van der Waals surface area contributed by atoms with Crippen molar-refractivity contribution < 1.29 is 0 Å². The molecule has 0 aromatic heterocycles. The average molecular weight is 1010 g/mol. The van der Waals surface area contributed by atoms with Crippen LogP contribution in [-0.4, -0.2) is 0 Å². The number of benzene rings is 9. The molecular formula is C74H66N4. The summed E-state index contributed by atoms with van der Waals surface area (Å²) in [7, 11) is 0. The molecule has 9 aromatic carbocycles. The Morgan fingerprint density at radius 1 is 0.385 bits per heavy atom. The summed E-state index contributed by atoms with van der Waals surface area (Å²) in [5, 5.41) is 9.58. The summed E-state index contributed by atoms with van der Waals surface area (Å²) in [5.41, 5.74) is 24.9. The number of nitrogens with zero attached hydrogens (tertiary/aromatic N) is 4. The summed E-state index contributed by atoms with van der Waals surface area (Å²) in [6, 6.07) is 72.2. The van der Waals surface area contributed by atoms with Crippen molar-refractivity contribution in [3.05, 3.63) is 267 Å². The van der Waals surface area contributed by atoms with Gasteiger partial charge >= 0.3 is 0 Å². The molecule has 0 heterocycles. The van der Waals surface area contributed by atoms with E-state index in [4.69, 9.17) is 6.57 Å². The van der Waals surface area contributed by atoms with Gasteiger partial charge in [-0.15, -0.1) is 0 Å². The molecule has 0 saturated heterocycles. The Kier molecular flexibility index (Phi) is 12.8. The van der Waals surface area contributed by atoms with Crippen LogP contribution < -0.4 is 9.80 Å². The summed E-state index contributed by atoms with van der Waals surface area (Å²) in [6.45, 7) is 30.4. The van der Waals surface area contributed by atoms with E-state index in [1.165, 1.54) is 66.8 Å². The Morgan fingerprint density at radius 2 is 0.679 bits per heavy atom. The highest BCUT2D eigenvalue weighted by molar-refractivity contribution is 5.89. The molecule has 4 nitrogen and oxygen atoms in total. The number of rotatable bonds is 10. The molecule has 9 aromatic rings. The maximum absolute atomic E-state index is 9.58. The summed E-state index contributed by atoms with van der Waals surface area (Å²) < 4.78 is 0. The van der Waals surface area contributed by atoms with Gasteiger partial charge in [0.25, 0.3) is 0 Å². The lowest BCUT2D eigenvalue weighted by atomic mass is 9.81. The lowest BCUT2D eigenvalue weighted by Gasteiger charge is -2.29. The highest BCUT2D eigenvalue weighted by atomic mass is 15.1. The topological polar surface area (TPSA) is 34.6 Å². The van der Waals surface area contributed by atoms with Crippen molar-refractivity contribution in [3.63, 3.8) is 0 Å². The lowest BCUT2D eigenvalue weighted by molar-refractivity contribution is 0.590. The van der Waals surface area contributed by atoms with E-state index in [1.54, 1.807) is 0 Å². The zero-order valence-corrected chi connectivity index (χ0v) is 46.6. The Balaban J connectivity index is 0.798. The van der Waals surface area contributed by atoms with Gasteiger partial charge in [-0.3, -0.25) is 0 Å². The Labute approximate surface area is 462 Å². The van der Waals surface area contributed by atoms with E-state index in [0.29, 0.717) is 11.3 Å². The molecule has 0 saturated carbocycles. The maximum atomic E-state index is 9.58. The number of nitriles is 1. The third kappa shape index (κ3) is 9.54. The Morgan fingerprint density at radius 3 is 1.03 bits per heavy atom. The zero-order valence-electron chi connectivity index (χ0n) is 46.6. The van der Waals surface area contributed by atoms with Crippen molar-refractivity contribution in [3.8, 4) is 28.3 Å². The average Bonchev–Trinajstić information content (AvgIpc) is 3.89. The predicted octanol–water partition coefficient (Wildman–Crippen LogP) is 20.6. The molecule has 0 amide bonds. The third-order valence-electron chi connectivity index (χ3n) is 16.2. The molecule has 2 aliphatic carbocycles. The Bertz CT molecular complexity index is 3640. The second-order valence-corrected chi connectivity index (χ2v) is 24.2. The molecule has 0 spiro atoms. The molecule has 0 bridgehead atoms. The summed E-state index contributed by atoms with van der Waals surface area (Å²) in [4.78, 5) is 8.26. The van der Waals surface area contributed by atoms with Gasteiger partial charge in [0.1, 0.15) is 0 Å². The van der Waals surface area contributed by atoms with Crippen LogP contribution in [0.3, 0.4) is 0 Å². The van der Waals surface area contributed by atoms with E-state index < -0.39 is 0 Å². The maximum Gasteiger partial charge on any atom is 0.187 e. The highest BCUT2D eigenvalue weighted by Gasteiger charge is 2.38. The van der Waals surface area contributed by atoms with Gasteiger partial charge in [0.05, 0.1) is 18.2 Å². The van der Waals surface area contributed by atoms with E-state index in [2.05, 4.69) is 272 Å². The van der Waals surface area contributed by atoms with Gasteiger partial charge in [-0.25, -0.2) is 4.85 Å². The lowest BCUT2D eigenvalue weighted by Crippen LogP contribution is -2.17. The predicted molar refractivity (Wildman–Crippen MR) is 330 cm³/mol. The van der Waals surface area contributed by atoms with Crippen LogP contribution in [0.25, 0.3) is 51.4 Å². The normalized spacial score (nSPS) is 13.8. The molecular weight excluding hydrogens is 945 g/mol. The highest BCUT2D eigenvalue weighted by Crippen LogP contribution is 2.53. The van der Waals surface area contributed by atoms with Crippen molar-refractivity contribution in [2.24, 2.45) is 0 Å². The fourth-order valence-corrected chi connectivity index (χ4v) is 11.6. The molecule has 2 aliphatic rings. The van der Waals surface area contributed by atoms with Gasteiger partial charge in [0, 0.05) is 45.0 Å². The second-order valence-electron chi connectivity index (χ2n) is 24.2. The van der Waals surface area contributed by atoms with Crippen molar-refractivity contribution in [2.75, 3.05) is 9.80 Å². The monoisotopic (exact) mass is 1010 g/mol. The van der Waals surface area contributed by atoms with Crippen molar-refractivity contribution in [1.29, 1.82) is 5.26 Å². The number of hydrogen-bond donors (Lipinski definition) is 0. The van der Waals surface area contributed by atoms with Gasteiger partial charge in [-0.05, 0) is 174 Å². The molecule has 0 unspecified atom stereocenters. The minimum Gasteiger partial charge on any atom is -0.311 e. The van der Waals surface area contributed by atoms with E-state index >= 15 is 0 Å². The zero-order chi connectivity index (χ0) is 54.7. The van der Waals surface area contributed by atoms with Gasteiger partial charge in [0.15, 0.2) is 5.69 Å². The molecule has 0 aliphatic heterocycles. The van der Waals surface area contributed by atoms with Crippen LogP contribution in [0.4, 0.5) is 39.8 Å². The van der Waals surface area contributed by atoms with Gasteiger partial charge < -0.3 is 9.80 Å². The summed E-state index contributed by atoms with van der Waals surface area (Å²) in [6.07, 6.45) is 8.88. The van der Waals surface area contributed by atoms with Gasteiger partial charge in [0.2, 0.25) is 0 Å². The molecule has 0 radical (unpaired) electrons. The van der Waals surface area contributed by atoms with Crippen LogP contribution in [-0.2, 0) is 21.7 Å². The molecule has 382 valence electrons. The van der Waals surface area contributed by atoms with Crippen LogP contribution in [0, 0.1) is 17.9 Å². The van der Waals surface area contributed by atoms with Crippen LogP contribution in [0.15, 0.2) is 194 Å². The van der Waals surface area contributed by atoms with Crippen molar-refractivity contribution >= 4 is 64.1 Å². The van der Waals surface area contributed by atoms with Crippen molar-refractivity contribution in [2.45, 2.75) is 90.9 Å². The van der Waals surface area contributed by atoms with Gasteiger partial charge in [-0.2, -0.15) is 5.26 Å². The van der Waals surface area contributed by atoms with Crippen LogP contribution in [0.1, 0.15) is 130 Å². The third-order valence-corrected chi connectivity index (χ3v) is 16.2. The first-order chi connectivity index (χ1) is 37.3. The fraction of sp³-hybridized carbons (Fsp3) is 0.189. The number of hydrogen-bond acceptors (Lipinski definition) is 3. The minimum absolute atomic E-state index is 0.0486. The molecule has 0 atom stereocenters. The largest absolute Gasteiger partial charge is 0.311 e. The van der Waals surface area contributed by atoms with Gasteiger partial charge in [-0.1, -0.05) is 203 Å². The van der Waals surface area contributed by atoms with Crippen molar-refractivity contribution in [1.82, 2.24) is 0 Å². The van der Waals surface area contributed by atoms with Crippen LogP contribution in [0.5, 0.6) is 0 Å². The SMILES string of the molecule is [C-]#[N+]c1ccc(N(c2ccc(C(C)(C)C)cc2)c2ccc3c(c2)C(C)(C)c2cc(/C=C/c4ccc(/C=C/c5ccc6c(c5)C(C)(C)c5cc(N(c7ccc(C#N)cc7)c7ccc(C(C)(C)C)cc7)ccc5-6)cc4)ccc2-3)cc1. The molecule has 78 heavy (non-hydrogen) atoms. The summed E-state index contributed by atoms with van der Waals surface area (Å²) >= 11 is 0. The van der Waals surface area contributed by atoms with E-state index in [1.807, 2.05) is 36.4 Å². The minimum atomic E-state index is -0.219. The smallest absolute Gasteiger partial charge is 0.187 e. The van der Waals surface area contributed by atoms with E-state index in [0.717, 1.165) is 45.3 Å². The van der Waals surface area contributed by atoms with Crippen LogP contribution in [0.2, 0.25) is 0 Å².